The number of benzene rings is 2. The number of carbonyl (C=O) groups is 2. The number of amides is 1. The Morgan fingerprint density at radius 3 is 2.39 bits per heavy atom. The number of piperazine rings is 1. The van der Waals surface area contributed by atoms with E-state index in [0.29, 0.717) is 44.7 Å². The van der Waals surface area contributed by atoms with E-state index in [1.165, 1.54) is 12.1 Å². The third-order valence-electron chi connectivity index (χ3n) is 5.41. The van der Waals surface area contributed by atoms with Crippen molar-refractivity contribution < 1.29 is 32.2 Å². The summed E-state index contributed by atoms with van der Waals surface area (Å²) in [6.45, 7) is 2.77. The highest BCUT2D eigenvalue weighted by atomic mass is 19.4. The van der Waals surface area contributed by atoms with Gasteiger partial charge in [0.15, 0.2) is 6.10 Å². The van der Waals surface area contributed by atoms with Gasteiger partial charge in [-0.05, 0) is 29.3 Å². The van der Waals surface area contributed by atoms with Crippen LogP contribution in [0.2, 0.25) is 0 Å². The molecule has 0 saturated carbocycles. The first-order chi connectivity index (χ1) is 14.8. The lowest BCUT2D eigenvalue weighted by Crippen LogP contribution is -2.52. The summed E-state index contributed by atoms with van der Waals surface area (Å²) in [6.07, 6.45) is -5.15. The Hall–Kier alpha value is -3.07. The second-order valence-corrected chi connectivity index (χ2v) is 7.55. The van der Waals surface area contributed by atoms with Gasteiger partial charge in [-0.2, -0.15) is 0 Å². The van der Waals surface area contributed by atoms with Gasteiger partial charge in [-0.1, -0.05) is 30.3 Å². The zero-order valence-corrected chi connectivity index (χ0v) is 16.6. The first-order valence-corrected chi connectivity index (χ1v) is 9.93. The van der Waals surface area contributed by atoms with E-state index in [4.69, 9.17) is 4.74 Å². The van der Waals surface area contributed by atoms with Crippen molar-refractivity contribution in [3.05, 3.63) is 65.2 Å². The number of nitrogens with zero attached hydrogens (tertiary/aromatic N) is 2. The van der Waals surface area contributed by atoms with Crippen molar-refractivity contribution in [2.75, 3.05) is 26.2 Å². The first-order valence-electron chi connectivity index (χ1n) is 9.93. The second kappa shape index (κ2) is 8.58. The Balaban J connectivity index is 1.29. The van der Waals surface area contributed by atoms with Crippen LogP contribution in [-0.4, -0.2) is 60.3 Å². The molecule has 0 N–H and O–H groups in total. The number of rotatable bonds is 4. The summed E-state index contributed by atoms with van der Waals surface area (Å²) in [4.78, 5) is 28.8. The number of hydrogen-bond donors (Lipinski definition) is 0. The highest BCUT2D eigenvalue weighted by molar-refractivity contribution is 5.95. The van der Waals surface area contributed by atoms with Crippen molar-refractivity contribution in [1.82, 2.24) is 9.80 Å². The molecule has 31 heavy (non-hydrogen) atoms. The highest BCUT2D eigenvalue weighted by Gasteiger charge is 2.35. The normalized spacial score (nSPS) is 19.5. The molecule has 1 atom stereocenters. The van der Waals surface area contributed by atoms with E-state index in [2.05, 4.69) is 9.64 Å². The molecule has 2 aliphatic rings. The number of halogens is 3. The van der Waals surface area contributed by atoms with E-state index in [1.54, 1.807) is 29.2 Å². The van der Waals surface area contributed by atoms with E-state index in [1.807, 2.05) is 12.1 Å². The van der Waals surface area contributed by atoms with Crippen LogP contribution in [0.25, 0.3) is 0 Å². The minimum absolute atomic E-state index is 0.198. The molecule has 0 bridgehead atoms. The van der Waals surface area contributed by atoms with Gasteiger partial charge in [0.05, 0.1) is 5.56 Å². The summed E-state index contributed by atoms with van der Waals surface area (Å²) in [7, 11) is 0. The summed E-state index contributed by atoms with van der Waals surface area (Å²) in [6, 6.07) is 12.9. The number of fused-ring (bicyclic) bond motifs is 1. The van der Waals surface area contributed by atoms with Crippen LogP contribution in [0.5, 0.6) is 5.75 Å². The lowest BCUT2D eigenvalue weighted by molar-refractivity contribution is -0.274. The molecule has 6 nitrogen and oxygen atoms in total. The van der Waals surface area contributed by atoms with Crippen LogP contribution in [0.4, 0.5) is 13.2 Å². The topological polar surface area (TPSA) is 59.1 Å². The van der Waals surface area contributed by atoms with Crippen LogP contribution in [-0.2, 0) is 22.5 Å². The summed E-state index contributed by atoms with van der Waals surface area (Å²) in [5, 5.41) is 0. The predicted octanol–water partition coefficient (Wildman–Crippen LogP) is 3.01. The van der Waals surface area contributed by atoms with Gasteiger partial charge in [0.1, 0.15) is 5.75 Å². The molecule has 1 amide bonds. The van der Waals surface area contributed by atoms with Gasteiger partial charge in [-0.15, -0.1) is 13.2 Å². The van der Waals surface area contributed by atoms with Crippen LogP contribution in [0.15, 0.2) is 48.5 Å². The van der Waals surface area contributed by atoms with Crippen molar-refractivity contribution in [3.63, 3.8) is 0 Å². The lowest BCUT2D eigenvalue weighted by atomic mass is 9.98. The zero-order valence-electron chi connectivity index (χ0n) is 16.6. The Morgan fingerprint density at radius 1 is 1.03 bits per heavy atom. The summed E-state index contributed by atoms with van der Waals surface area (Å²) in [5.41, 5.74) is 2.17. The minimum Gasteiger partial charge on any atom is -0.448 e. The molecule has 2 aromatic rings. The first kappa shape index (κ1) is 21.2. The Labute approximate surface area is 177 Å². The van der Waals surface area contributed by atoms with E-state index in [-0.39, 0.29) is 11.7 Å². The molecule has 1 unspecified atom stereocenters. The van der Waals surface area contributed by atoms with Crippen LogP contribution >= 0.6 is 0 Å². The van der Waals surface area contributed by atoms with E-state index in [0.717, 1.165) is 11.1 Å². The molecule has 0 aliphatic carbocycles. The quantitative estimate of drug-likeness (QED) is 0.693. The van der Waals surface area contributed by atoms with Gasteiger partial charge >= 0.3 is 12.3 Å². The summed E-state index contributed by atoms with van der Waals surface area (Å²) < 4.78 is 46.0. The van der Waals surface area contributed by atoms with Crippen LogP contribution < -0.4 is 4.74 Å². The molecule has 164 valence electrons. The summed E-state index contributed by atoms with van der Waals surface area (Å²) >= 11 is 0. The van der Waals surface area contributed by atoms with Gasteiger partial charge in [-0.3, -0.25) is 9.69 Å². The van der Waals surface area contributed by atoms with Gasteiger partial charge in [0.2, 0.25) is 0 Å². The van der Waals surface area contributed by atoms with Gasteiger partial charge in [-0.25, -0.2) is 4.79 Å². The second-order valence-electron chi connectivity index (χ2n) is 7.55. The summed E-state index contributed by atoms with van der Waals surface area (Å²) in [5.74, 6) is -0.928. The predicted molar refractivity (Wildman–Crippen MR) is 104 cm³/mol. The van der Waals surface area contributed by atoms with Crippen LogP contribution in [0, 0.1) is 0 Å². The van der Waals surface area contributed by atoms with Crippen LogP contribution in [0.1, 0.15) is 21.5 Å². The fourth-order valence-corrected chi connectivity index (χ4v) is 3.85. The fraction of sp³-hybridized carbons (Fsp3) is 0.364. The highest BCUT2D eigenvalue weighted by Crippen LogP contribution is 2.24. The minimum atomic E-state index is -4.71. The fourth-order valence-electron chi connectivity index (χ4n) is 3.85. The molecule has 2 heterocycles. The Kier molecular flexibility index (Phi) is 5.86. The van der Waals surface area contributed by atoms with E-state index < -0.39 is 18.4 Å². The maximum Gasteiger partial charge on any atom is 0.573 e. The van der Waals surface area contributed by atoms with Crippen molar-refractivity contribution >= 4 is 11.9 Å². The molecule has 2 aliphatic heterocycles. The standard InChI is InChI=1S/C22H21F3N2O4/c23-22(24,25)31-17-7-5-15(6-8-17)14-26-9-11-27(12-10-26)20(28)19-13-16-3-1-2-4-18(16)21(29)30-19/h1-8,19H,9-14H2. The zero-order chi connectivity index (χ0) is 22.0. The van der Waals surface area contributed by atoms with Crippen molar-refractivity contribution in [3.8, 4) is 5.75 Å². The maximum atomic E-state index is 12.8. The van der Waals surface area contributed by atoms with Crippen molar-refractivity contribution in [2.45, 2.75) is 25.4 Å². The average molecular weight is 434 g/mol. The maximum absolute atomic E-state index is 12.8. The Bertz CT molecular complexity index is 954. The molecule has 9 heteroatoms. The molecule has 1 saturated heterocycles. The molecule has 4 rings (SSSR count). The van der Waals surface area contributed by atoms with Gasteiger partial charge in [0.25, 0.3) is 5.91 Å². The third-order valence-corrected chi connectivity index (χ3v) is 5.41. The number of cyclic esters (lactones) is 1. The molecular weight excluding hydrogens is 413 g/mol. The smallest absolute Gasteiger partial charge is 0.448 e. The van der Waals surface area contributed by atoms with Crippen LogP contribution in [0.3, 0.4) is 0 Å². The Morgan fingerprint density at radius 2 is 1.71 bits per heavy atom. The largest absolute Gasteiger partial charge is 0.573 e. The molecule has 0 radical (unpaired) electrons. The molecule has 2 aromatic carbocycles. The monoisotopic (exact) mass is 434 g/mol. The van der Waals surface area contributed by atoms with Crippen molar-refractivity contribution in [1.29, 1.82) is 0 Å². The van der Waals surface area contributed by atoms with E-state index in [9.17, 15) is 22.8 Å². The molecule has 1 fully saturated rings. The molecule has 0 spiro atoms. The number of ether oxygens (including phenoxy) is 2. The number of alkyl halides is 3. The number of esters is 1. The van der Waals surface area contributed by atoms with Gasteiger partial charge < -0.3 is 14.4 Å². The van der Waals surface area contributed by atoms with Gasteiger partial charge in [0, 0.05) is 39.1 Å². The molecular formula is C22H21F3N2O4. The molecule has 0 aromatic heterocycles. The number of hydrogen-bond acceptors (Lipinski definition) is 5. The number of carbonyl (C=O) groups excluding carboxylic acids is 2. The van der Waals surface area contributed by atoms with E-state index >= 15 is 0 Å². The average Bonchev–Trinajstić information content (AvgIpc) is 2.74. The van der Waals surface area contributed by atoms with Crippen molar-refractivity contribution in [2.24, 2.45) is 0 Å². The lowest BCUT2D eigenvalue weighted by Gasteiger charge is -2.37. The third kappa shape index (κ3) is 5.16. The SMILES string of the molecule is O=C1OC(C(=O)N2CCN(Cc3ccc(OC(F)(F)F)cc3)CC2)Cc2ccccc21.